The molecule has 0 aliphatic carbocycles. The number of likely N-dealkylation sites (N-methyl/N-ethyl adjacent to an activating group) is 1. The Hall–Kier alpha value is -2.30. The molecule has 2 aliphatic rings. The molecule has 0 amide bonds. The van der Waals surface area contributed by atoms with Gasteiger partial charge >= 0.3 is 0 Å². The summed E-state index contributed by atoms with van der Waals surface area (Å²) < 4.78 is 11.8. The average Bonchev–Trinajstić information content (AvgIpc) is 2.76. The minimum atomic E-state index is 0.160. The minimum absolute atomic E-state index is 0.160. The van der Waals surface area contributed by atoms with Crippen molar-refractivity contribution in [1.82, 2.24) is 9.80 Å². The molecule has 1 saturated heterocycles. The highest BCUT2D eigenvalue weighted by atomic mass is 16.5. The summed E-state index contributed by atoms with van der Waals surface area (Å²) in [5.41, 5.74) is 5.18. The van der Waals surface area contributed by atoms with Gasteiger partial charge in [0, 0.05) is 38.3 Å². The molecule has 0 unspecified atom stereocenters. The van der Waals surface area contributed by atoms with Crippen molar-refractivity contribution in [1.29, 1.82) is 0 Å². The molecule has 4 heteroatoms. The van der Waals surface area contributed by atoms with Crippen LogP contribution in [0.15, 0.2) is 42.5 Å². The molecule has 4 nitrogen and oxygen atoms in total. The predicted octanol–water partition coefficient (Wildman–Crippen LogP) is 4.93. The van der Waals surface area contributed by atoms with Crippen LogP contribution < -0.4 is 9.47 Å². The van der Waals surface area contributed by atoms with Crippen molar-refractivity contribution in [2.24, 2.45) is 0 Å². The normalized spacial score (nSPS) is 19.5. The molecule has 0 spiro atoms. The summed E-state index contributed by atoms with van der Waals surface area (Å²) in [5.74, 6) is 1.97. The second-order valence-electron chi connectivity index (χ2n) is 9.58. The SMILES string of the molecule is C/C(=C\c1ccc(OCCN2CCN(C)CC2)cc1)c1ccc2c(c1)C(C)(C)CCO2. The second kappa shape index (κ2) is 9.46. The van der Waals surface area contributed by atoms with Gasteiger partial charge in [0.25, 0.3) is 0 Å². The van der Waals surface area contributed by atoms with Gasteiger partial charge in [0.05, 0.1) is 6.61 Å². The van der Waals surface area contributed by atoms with E-state index in [1.807, 2.05) is 0 Å². The zero-order valence-corrected chi connectivity index (χ0v) is 19.5. The summed E-state index contributed by atoms with van der Waals surface area (Å²) in [4.78, 5) is 4.86. The van der Waals surface area contributed by atoms with E-state index in [-0.39, 0.29) is 5.41 Å². The Bertz CT molecular complexity index is 909. The molecule has 2 aliphatic heterocycles. The van der Waals surface area contributed by atoms with Gasteiger partial charge in [-0.25, -0.2) is 0 Å². The van der Waals surface area contributed by atoms with Gasteiger partial charge in [-0.15, -0.1) is 0 Å². The summed E-state index contributed by atoms with van der Waals surface area (Å²) in [5, 5.41) is 0. The first-order valence-corrected chi connectivity index (χ1v) is 11.5. The van der Waals surface area contributed by atoms with E-state index in [2.05, 4.69) is 86.2 Å². The fraction of sp³-hybridized carbons (Fsp3) is 0.481. The van der Waals surface area contributed by atoms with Crippen LogP contribution in [-0.2, 0) is 5.41 Å². The molecule has 2 heterocycles. The molecule has 2 aromatic carbocycles. The van der Waals surface area contributed by atoms with E-state index in [9.17, 15) is 0 Å². The Kier molecular flexibility index (Phi) is 6.68. The number of hydrogen-bond acceptors (Lipinski definition) is 4. The first-order chi connectivity index (χ1) is 14.9. The highest BCUT2D eigenvalue weighted by molar-refractivity contribution is 5.81. The third-order valence-corrected chi connectivity index (χ3v) is 6.68. The van der Waals surface area contributed by atoms with Crippen LogP contribution in [0, 0.1) is 0 Å². The molecule has 0 saturated carbocycles. The molecule has 2 aromatic rings. The lowest BCUT2D eigenvalue weighted by molar-refractivity contribution is 0.134. The largest absolute Gasteiger partial charge is 0.493 e. The van der Waals surface area contributed by atoms with Crippen LogP contribution in [0.3, 0.4) is 0 Å². The molecule has 4 rings (SSSR count). The molecule has 31 heavy (non-hydrogen) atoms. The van der Waals surface area contributed by atoms with Gasteiger partial charge < -0.3 is 14.4 Å². The first-order valence-electron chi connectivity index (χ1n) is 11.5. The number of hydrogen-bond donors (Lipinski definition) is 0. The second-order valence-corrected chi connectivity index (χ2v) is 9.58. The van der Waals surface area contributed by atoms with Crippen molar-refractivity contribution in [2.45, 2.75) is 32.6 Å². The lowest BCUT2D eigenvalue weighted by atomic mass is 9.79. The topological polar surface area (TPSA) is 24.9 Å². The fourth-order valence-corrected chi connectivity index (χ4v) is 4.34. The van der Waals surface area contributed by atoms with E-state index in [0.29, 0.717) is 0 Å². The Morgan fingerprint density at radius 2 is 1.81 bits per heavy atom. The van der Waals surface area contributed by atoms with E-state index in [0.717, 1.165) is 63.9 Å². The summed E-state index contributed by atoms with van der Waals surface area (Å²) in [7, 11) is 2.19. The quantitative estimate of drug-likeness (QED) is 0.619. The molecule has 0 radical (unpaired) electrons. The van der Waals surface area contributed by atoms with E-state index >= 15 is 0 Å². The van der Waals surface area contributed by atoms with Gasteiger partial charge in [-0.05, 0) is 66.8 Å². The number of allylic oxidation sites excluding steroid dienone is 1. The third kappa shape index (κ3) is 5.50. The maximum absolute atomic E-state index is 5.98. The Morgan fingerprint density at radius 3 is 2.55 bits per heavy atom. The van der Waals surface area contributed by atoms with Crippen molar-refractivity contribution in [3.63, 3.8) is 0 Å². The van der Waals surface area contributed by atoms with E-state index in [4.69, 9.17) is 9.47 Å². The molecule has 1 fully saturated rings. The van der Waals surface area contributed by atoms with Crippen LogP contribution in [0.5, 0.6) is 11.5 Å². The van der Waals surface area contributed by atoms with Gasteiger partial charge in [0.2, 0.25) is 0 Å². The average molecular weight is 421 g/mol. The van der Waals surface area contributed by atoms with Crippen LogP contribution in [0.4, 0.5) is 0 Å². The maximum atomic E-state index is 5.98. The maximum Gasteiger partial charge on any atom is 0.123 e. The van der Waals surface area contributed by atoms with Crippen LogP contribution in [0.25, 0.3) is 11.6 Å². The predicted molar refractivity (Wildman–Crippen MR) is 129 cm³/mol. The van der Waals surface area contributed by atoms with Crippen LogP contribution in [0.1, 0.15) is 43.9 Å². The highest BCUT2D eigenvalue weighted by Gasteiger charge is 2.28. The zero-order valence-electron chi connectivity index (χ0n) is 19.5. The van der Waals surface area contributed by atoms with Crippen LogP contribution >= 0.6 is 0 Å². The van der Waals surface area contributed by atoms with Crippen LogP contribution in [-0.4, -0.2) is 62.8 Å². The summed E-state index contributed by atoms with van der Waals surface area (Å²) in [6, 6.07) is 15.0. The summed E-state index contributed by atoms with van der Waals surface area (Å²) >= 11 is 0. The Morgan fingerprint density at radius 1 is 1.06 bits per heavy atom. The van der Waals surface area contributed by atoms with Gasteiger partial charge in [-0.2, -0.15) is 0 Å². The van der Waals surface area contributed by atoms with E-state index in [1.165, 1.54) is 22.3 Å². The molecule has 0 aromatic heterocycles. The minimum Gasteiger partial charge on any atom is -0.493 e. The molecule has 0 atom stereocenters. The molecule has 166 valence electrons. The number of nitrogens with zero attached hydrogens (tertiary/aromatic N) is 2. The summed E-state index contributed by atoms with van der Waals surface area (Å²) in [6.45, 7) is 13.9. The van der Waals surface area contributed by atoms with Crippen molar-refractivity contribution >= 4 is 11.6 Å². The van der Waals surface area contributed by atoms with Gasteiger partial charge in [-0.3, -0.25) is 4.90 Å². The van der Waals surface area contributed by atoms with E-state index < -0.39 is 0 Å². The van der Waals surface area contributed by atoms with E-state index in [1.54, 1.807) is 0 Å². The monoisotopic (exact) mass is 420 g/mol. The number of rotatable bonds is 6. The Balaban J connectivity index is 1.36. The van der Waals surface area contributed by atoms with Crippen molar-refractivity contribution in [3.05, 3.63) is 59.2 Å². The lowest BCUT2D eigenvalue weighted by Crippen LogP contribution is -2.45. The van der Waals surface area contributed by atoms with Crippen molar-refractivity contribution in [2.75, 3.05) is 53.0 Å². The Labute approximate surface area is 187 Å². The highest BCUT2D eigenvalue weighted by Crippen LogP contribution is 2.39. The summed E-state index contributed by atoms with van der Waals surface area (Å²) in [6.07, 6.45) is 3.30. The van der Waals surface area contributed by atoms with Crippen molar-refractivity contribution < 1.29 is 9.47 Å². The number of ether oxygens (including phenoxy) is 2. The smallest absolute Gasteiger partial charge is 0.123 e. The third-order valence-electron chi connectivity index (χ3n) is 6.68. The zero-order chi connectivity index (χ0) is 21.8. The molecule has 0 bridgehead atoms. The number of fused-ring (bicyclic) bond motifs is 1. The standard InChI is InChI=1S/C27H36N2O2/c1-21(23-7-10-26-25(20-23)27(2,3)11-17-31-26)19-22-5-8-24(9-6-22)30-18-16-29-14-12-28(4)13-15-29/h5-10,19-20H,11-18H2,1-4H3/b21-19+. The molecular formula is C27H36N2O2. The van der Waals surface area contributed by atoms with Gasteiger partial charge in [-0.1, -0.05) is 38.1 Å². The van der Waals surface area contributed by atoms with Crippen molar-refractivity contribution in [3.8, 4) is 11.5 Å². The first kappa shape index (κ1) is 21.9. The molecular weight excluding hydrogens is 384 g/mol. The van der Waals surface area contributed by atoms with Crippen LogP contribution in [0.2, 0.25) is 0 Å². The number of benzene rings is 2. The molecule has 0 N–H and O–H groups in total. The van der Waals surface area contributed by atoms with Gasteiger partial charge in [0.15, 0.2) is 0 Å². The fourth-order valence-electron chi connectivity index (χ4n) is 4.34. The lowest BCUT2D eigenvalue weighted by Gasteiger charge is -2.32. The number of piperazine rings is 1. The van der Waals surface area contributed by atoms with Gasteiger partial charge in [0.1, 0.15) is 18.1 Å².